The predicted molar refractivity (Wildman–Crippen MR) is 179 cm³/mol. The Morgan fingerprint density at radius 2 is 1.73 bits per heavy atom. The van der Waals surface area contributed by atoms with Gasteiger partial charge in [0, 0.05) is 30.0 Å². The molecule has 0 spiro atoms. The minimum absolute atomic E-state index is 0.0138. The summed E-state index contributed by atoms with van der Waals surface area (Å²) in [5, 5.41) is 32.2. The topological polar surface area (TPSA) is 177 Å². The van der Waals surface area contributed by atoms with E-state index in [0.29, 0.717) is 12.1 Å². The summed E-state index contributed by atoms with van der Waals surface area (Å²) in [6, 6.07) is -0.374. The van der Waals surface area contributed by atoms with E-state index in [4.69, 9.17) is 29.1 Å². The molecule has 13 nitrogen and oxygen atoms in total. The molecule has 0 unspecified atom stereocenters. The number of halogens is 1. The Morgan fingerprint density at radius 3 is 2.31 bits per heavy atom. The van der Waals surface area contributed by atoms with Crippen molar-refractivity contribution in [2.75, 3.05) is 27.3 Å². The van der Waals surface area contributed by atoms with Gasteiger partial charge in [0.2, 0.25) is 5.91 Å². The number of rotatable bonds is 5. The van der Waals surface area contributed by atoms with Crippen LogP contribution >= 0.6 is 0 Å². The second kappa shape index (κ2) is 16.0. The number of hydrogen-bond acceptors (Lipinski definition) is 12. The molecule has 0 saturated carbocycles. The van der Waals surface area contributed by atoms with Crippen LogP contribution in [0.25, 0.3) is 0 Å². The summed E-state index contributed by atoms with van der Waals surface area (Å²) >= 11 is 0. The van der Waals surface area contributed by atoms with Crippen LogP contribution < -0.4 is 0 Å². The van der Waals surface area contributed by atoms with Gasteiger partial charge >= 0.3 is 5.97 Å². The van der Waals surface area contributed by atoms with E-state index in [1.807, 2.05) is 32.8 Å². The van der Waals surface area contributed by atoms with Crippen LogP contribution in [0.15, 0.2) is 4.99 Å². The van der Waals surface area contributed by atoms with Crippen LogP contribution in [0.5, 0.6) is 0 Å². The van der Waals surface area contributed by atoms with Crippen molar-refractivity contribution in [1.29, 1.82) is 5.41 Å². The summed E-state index contributed by atoms with van der Waals surface area (Å²) in [7, 11) is 3.63. The number of aliphatic hydroxyl groups excluding tert-OH is 1. The molecular formula is C35H58FN3O10. The number of nitrogens with one attached hydrogen (secondary N) is 1. The molecule has 2 bridgehead atoms. The molecule has 0 aromatic rings. The third-order valence-electron chi connectivity index (χ3n) is 10.4. The number of Topliss-reactive ketones (excluding diaryl/α,β-unsaturated/α-hetero) is 1. The van der Waals surface area contributed by atoms with E-state index in [0.717, 1.165) is 6.92 Å². The first kappa shape index (κ1) is 41.2. The van der Waals surface area contributed by atoms with E-state index in [1.54, 1.807) is 27.7 Å². The second-order valence-corrected chi connectivity index (χ2v) is 14.9. The van der Waals surface area contributed by atoms with E-state index >= 15 is 4.39 Å². The number of aliphatic imine (C=N–C) groups is 1. The lowest BCUT2D eigenvalue weighted by Crippen LogP contribution is -2.61. The third-order valence-corrected chi connectivity index (χ3v) is 10.4. The smallest absolute Gasteiger partial charge is 0.351 e. The van der Waals surface area contributed by atoms with Crippen LogP contribution in [-0.4, -0.2) is 131 Å². The average molecular weight is 700 g/mol. The molecule has 3 rings (SSSR count). The number of alkyl halides is 1. The van der Waals surface area contributed by atoms with Crippen LogP contribution in [0.4, 0.5) is 4.39 Å². The van der Waals surface area contributed by atoms with Gasteiger partial charge in [-0.1, -0.05) is 34.6 Å². The van der Waals surface area contributed by atoms with Crippen molar-refractivity contribution in [3.05, 3.63) is 0 Å². The number of fused-ring (bicyclic) bond motifs is 5. The lowest BCUT2D eigenvalue weighted by molar-refractivity contribution is -0.296. The first-order chi connectivity index (χ1) is 22.6. The molecule has 0 radical (unpaired) electrons. The largest absolute Gasteiger partial charge is 0.457 e. The first-order valence-corrected chi connectivity index (χ1v) is 17.4. The Morgan fingerprint density at radius 1 is 1.10 bits per heavy atom. The summed E-state index contributed by atoms with van der Waals surface area (Å²) in [5.41, 5.74) is -6.33. The second-order valence-electron chi connectivity index (χ2n) is 14.9. The predicted octanol–water partition coefficient (Wildman–Crippen LogP) is 3.05. The van der Waals surface area contributed by atoms with Crippen LogP contribution in [0.2, 0.25) is 0 Å². The molecule has 3 N–H and O–H groups in total. The van der Waals surface area contributed by atoms with Gasteiger partial charge < -0.3 is 44.2 Å². The molecule has 1 amide bonds. The fraction of sp³-hybridized carbons (Fsp3) is 0.857. The van der Waals surface area contributed by atoms with E-state index in [9.17, 15) is 24.6 Å². The normalized spacial score (nSPS) is 44.2. The zero-order valence-corrected chi connectivity index (χ0v) is 30.9. The molecule has 14 heteroatoms. The summed E-state index contributed by atoms with van der Waals surface area (Å²) < 4.78 is 47.4. The molecule has 49 heavy (non-hydrogen) atoms. The zero-order valence-electron chi connectivity index (χ0n) is 30.9. The molecule has 3 heterocycles. The Balaban J connectivity index is 2.34. The highest BCUT2D eigenvalue weighted by molar-refractivity contribution is 6.08. The van der Waals surface area contributed by atoms with Gasteiger partial charge in [-0.05, 0) is 67.0 Å². The molecular weight excluding hydrogens is 641 g/mol. The summed E-state index contributed by atoms with van der Waals surface area (Å²) in [6.07, 6.45) is -6.04. The number of ether oxygens (including phenoxy) is 5. The van der Waals surface area contributed by atoms with Gasteiger partial charge in [0.15, 0.2) is 12.1 Å². The van der Waals surface area contributed by atoms with Crippen molar-refractivity contribution in [2.45, 2.75) is 148 Å². The number of likely N-dealkylation sites (N-methyl/N-ethyl adjacent to an activating group) is 1. The maximum absolute atomic E-state index is 16.6. The number of hydrogen-bond donors (Lipinski definition) is 3. The highest BCUT2D eigenvalue weighted by Crippen LogP contribution is 2.41. The first-order valence-electron chi connectivity index (χ1n) is 17.4. The number of amides is 1. The minimum atomic E-state index is -3.18. The number of nitrogens with zero attached hydrogens (tertiary/aromatic N) is 2. The zero-order chi connectivity index (χ0) is 37.2. The van der Waals surface area contributed by atoms with Crippen molar-refractivity contribution in [1.82, 2.24) is 4.90 Å². The highest BCUT2D eigenvalue weighted by Gasteiger charge is 2.56. The standard InChI is InChI=1S/C35H58FN3O10/c1-12-24-35(9,44)30-20(5)26(38-25(40)13-2)18(3)15-33(7,46-17-22(37)16-45-30)29(21(6)28(42)34(8,36)32(43)48-24)49-31-27(41)23(39(10)11)14-19(4)47-31/h18-21,23-24,27,29-31,37,41,44H,12-17H2,1-11H3/t18-,19-,20+,21+,23+,24-,27-,29-,30-,31+,33-,34+,35-/m1/s1. The number of cyclic esters (lactones) is 1. The average Bonchev–Trinajstić information content (AvgIpc) is 3.04. The van der Waals surface area contributed by atoms with Crippen molar-refractivity contribution in [3.8, 4) is 0 Å². The molecule has 3 aliphatic rings. The van der Waals surface area contributed by atoms with E-state index in [2.05, 4.69) is 4.99 Å². The van der Waals surface area contributed by atoms with Crippen LogP contribution in [0.1, 0.15) is 88.0 Å². The fourth-order valence-electron chi connectivity index (χ4n) is 7.61. The third kappa shape index (κ3) is 8.82. The lowest BCUT2D eigenvalue weighted by atomic mass is 9.73. The number of ketones is 1. The van der Waals surface area contributed by atoms with Gasteiger partial charge in [-0.25, -0.2) is 14.2 Å². The van der Waals surface area contributed by atoms with Crippen LogP contribution in [0.3, 0.4) is 0 Å². The van der Waals surface area contributed by atoms with Crippen molar-refractivity contribution in [2.24, 2.45) is 22.7 Å². The van der Waals surface area contributed by atoms with Gasteiger partial charge in [0.05, 0.1) is 42.8 Å². The number of carbonyl (C=O) groups excluding carboxylic acids is 3. The molecule has 0 aromatic carbocycles. The van der Waals surface area contributed by atoms with Crippen molar-refractivity contribution < 1.29 is 52.7 Å². The van der Waals surface area contributed by atoms with Crippen LogP contribution in [-0.2, 0) is 38.1 Å². The molecule has 3 aliphatic heterocycles. The SMILES string of the molecule is CCC(=O)N=C1[C@H](C)C[C@@]2(C)OCC(=N)CO[C@H]([C@H]1C)[C@](C)(O)[C@@H](CC)OC(=O)[C@@](C)(F)C(=O)[C@H](C)[C@H]2O[C@@H]1O[C@H](C)C[C@H](N(C)C)[C@H]1O. The maximum atomic E-state index is 16.6. The fourth-order valence-corrected chi connectivity index (χ4v) is 7.61. The van der Waals surface area contributed by atoms with Crippen molar-refractivity contribution >= 4 is 29.1 Å². The van der Waals surface area contributed by atoms with Gasteiger partial charge in [0.1, 0.15) is 17.8 Å². The minimum Gasteiger partial charge on any atom is -0.457 e. The van der Waals surface area contributed by atoms with Crippen LogP contribution in [0, 0.1) is 23.2 Å². The summed E-state index contributed by atoms with van der Waals surface area (Å²) in [5.74, 6) is -5.82. The van der Waals surface area contributed by atoms with E-state index < -0.39 is 83.0 Å². The lowest BCUT2D eigenvalue weighted by Gasteiger charge is -2.47. The molecule has 0 aliphatic carbocycles. The molecule has 0 aromatic heterocycles. The monoisotopic (exact) mass is 699 g/mol. The highest BCUT2D eigenvalue weighted by atomic mass is 19.1. The van der Waals surface area contributed by atoms with E-state index in [-0.39, 0.29) is 50.3 Å². The number of aliphatic hydroxyl groups is 2. The Labute approximate surface area is 289 Å². The van der Waals surface area contributed by atoms with Gasteiger partial charge in [-0.2, -0.15) is 0 Å². The maximum Gasteiger partial charge on any atom is 0.351 e. The van der Waals surface area contributed by atoms with Gasteiger partial charge in [-0.15, -0.1) is 0 Å². The summed E-state index contributed by atoms with van der Waals surface area (Å²) in [6.45, 7) is 13.3. The van der Waals surface area contributed by atoms with Crippen molar-refractivity contribution in [3.63, 3.8) is 0 Å². The number of carbonyl (C=O) groups is 3. The van der Waals surface area contributed by atoms with Gasteiger partial charge in [0.25, 0.3) is 5.67 Å². The quantitative estimate of drug-likeness (QED) is 0.284. The molecule has 280 valence electrons. The summed E-state index contributed by atoms with van der Waals surface area (Å²) in [4.78, 5) is 46.9. The Kier molecular flexibility index (Phi) is 13.5. The van der Waals surface area contributed by atoms with E-state index in [1.165, 1.54) is 13.8 Å². The van der Waals surface area contributed by atoms with Gasteiger partial charge in [-0.3, -0.25) is 9.59 Å². The molecule has 3 saturated heterocycles. The molecule has 13 atom stereocenters. The Bertz CT molecular complexity index is 1260. The molecule has 3 fully saturated rings. The number of esters is 1. The Hall–Kier alpha value is -2.20.